The van der Waals surface area contributed by atoms with Crippen LogP contribution in [0.25, 0.3) is 10.2 Å². The number of benzene rings is 2. The van der Waals surface area contributed by atoms with Gasteiger partial charge in [0, 0.05) is 25.1 Å². The number of sulfone groups is 1. The van der Waals surface area contributed by atoms with Gasteiger partial charge in [-0.2, -0.15) is 4.99 Å². The summed E-state index contributed by atoms with van der Waals surface area (Å²) in [6.45, 7) is 3.66. The molecule has 1 aliphatic heterocycles. The smallest absolute Gasteiger partial charge is 0.248 e. The number of hydrogen-bond acceptors (Lipinski definition) is 6. The fraction of sp³-hybridized carbons (Fsp3) is 0.333. The van der Waals surface area contributed by atoms with Gasteiger partial charge in [-0.15, -0.1) is 0 Å². The van der Waals surface area contributed by atoms with Crippen molar-refractivity contribution in [2.45, 2.75) is 31.2 Å². The molecule has 0 spiro atoms. The lowest BCUT2D eigenvalue weighted by atomic mass is 10.2. The van der Waals surface area contributed by atoms with Crippen LogP contribution in [-0.2, 0) is 21.2 Å². The van der Waals surface area contributed by atoms with Gasteiger partial charge >= 0.3 is 0 Å². The van der Waals surface area contributed by atoms with Gasteiger partial charge in [0.05, 0.1) is 20.9 Å². The van der Waals surface area contributed by atoms with Gasteiger partial charge in [0.1, 0.15) is 13.2 Å². The first-order valence-corrected chi connectivity index (χ1v) is 12.2. The summed E-state index contributed by atoms with van der Waals surface area (Å²) in [5.74, 6) is 0.976. The molecule has 1 amide bonds. The lowest BCUT2D eigenvalue weighted by Gasteiger charge is -2.18. The van der Waals surface area contributed by atoms with E-state index in [0.717, 1.165) is 10.2 Å². The molecular formula is C21H22N2O5S2. The van der Waals surface area contributed by atoms with Crippen LogP contribution in [0.4, 0.5) is 0 Å². The summed E-state index contributed by atoms with van der Waals surface area (Å²) < 4.78 is 38.9. The maximum Gasteiger partial charge on any atom is 0.248 e. The van der Waals surface area contributed by atoms with Crippen LogP contribution >= 0.6 is 11.3 Å². The van der Waals surface area contributed by atoms with Gasteiger partial charge in [-0.1, -0.05) is 29.5 Å². The lowest BCUT2D eigenvalue weighted by molar-refractivity contribution is -0.118. The minimum absolute atomic E-state index is 0.0761. The van der Waals surface area contributed by atoms with E-state index in [-0.39, 0.29) is 29.4 Å². The van der Waals surface area contributed by atoms with Gasteiger partial charge in [-0.3, -0.25) is 4.79 Å². The first-order valence-electron chi connectivity index (χ1n) is 9.76. The molecule has 0 radical (unpaired) electrons. The van der Waals surface area contributed by atoms with Gasteiger partial charge in [0.15, 0.2) is 26.1 Å². The topological polar surface area (TPSA) is 87.0 Å². The summed E-state index contributed by atoms with van der Waals surface area (Å²) in [5, 5.41) is 0. The Kier molecular flexibility index (Phi) is 5.92. The van der Waals surface area contributed by atoms with E-state index in [1.807, 2.05) is 23.6 Å². The molecule has 0 atom stereocenters. The van der Waals surface area contributed by atoms with Crippen LogP contribution in [0.1, 0.15) is 19.8 Å². The SMILES string of the molecule is CCn1c(=NC(=O)CCCS(=O)(=O)c2ccccc2)sc2cc3c(cc21)OCCO3. The number of ether oxygens (including phenoxy) is 2. The van der Waals surface area contributed by atoms with E-state index in [4.69, 9.17) is 9.47 Å². The molecule has 1 aliphatic rings. The van der Waals surface area contributed by atoms with E-state index in [1.54, 1.807) is 30.3 Å². The molecule has 2 heterocycles. The number of carbonyl (C=O) groups is 1. The second-order valence-electron chi connectivity index (χ2n) is 6.83. The zero-order valence-electron chi connectivity index (χ0n) is 16.5. The average Bonchev–Trinajstić information content (AvgIpc) is 3.08. The highest BCUT2D eigenvalue weighted by atomic mass is 32.2. The van der Waals surface area contributed by atoms with Crippen molar-refractivity contribution < 1.29 is 22.7 Å². The van der Waals surface area contributed by atoms with E-state index in [0.29, 0.717) is 36.1 Å². The largest absolute Gasteiger partial charge is 0.486 e. The van der Waals surface area contributed by atoms with Crippen molar-refractivity contribution in [3.8, 4) is 11.5 Å². The maximum atomic E-state index is 12.4. The summed E-state index contributed by atoms with van der Waals surface area (Å²) in [4.78, 5) is 17.5. The molecule has 0 unspecified atom stereocenters. The maximum absolute atomic E-state index is 12.4. The van der Waals surface area contributed by atoms with Crippen molar-refractivity contribution in [2.24, 2.45) is 4.99 Å². The van der Waals surface area contributed by atoms with Crippen molar-refractivity contribution >= 4 is 37.3 Å². The van der Waals surface area contributed by atoms with Gasteiger partial charge in [-0.05, 0) is 25.5 Å². The van der Waals surface area contributed by atoms with Crippen LogP contribution in [0.15, 0.2) is 52.4 Å². The number of aryl methyl sites for hydroxylation is 1. The number of rotatable bonds is 6. The first-order chi connectivity index (χ1) is 14.5. The minimum Gasteiger partial charge on any atom is -0.486 e. The summed E-state index contributed by atoms with van der Waals surface area (Å²) in [7, 11) is -3.40. The minimum atomic E-state index is -3.40. The predicted octanol–water partition coefficient (Wildman–Crippen LogP) is 3.18. The number of amides is 1. The Bertz CT molecular complexity index is 1240. The lowest BCUT2D eigenvalue weighted by Crippen LogP contribution is -2.17. The van der Waals surface area contributed by atoms with E-state index in [9.17, 15) is 13.2 Å². The highest BCUT2D eigenvalue weighted by molar-refractivity contribution is 7.91. The van der Waals surface area contributed by atoms with Crippen LogP contribution in [0, 0.1) is 0 Å². The van der Waals surface area contributed by atoms with Crippen LogP contribution in [0.3, 0.4) is 0 Å². The fourth-order valence-corrected chi connectivity index (χ4v) is 5.77. The van der Waals surface area contributed by atoms with Crippen molar-refractivity contribution in [1.29, 1.82) is 0 Å². The first kappa shape index (κ1) is 20.6. The van der Waals surface area contributed by atoms with Crippen molar-refractivity contribution in [1.82, 2.24) is 4.57 Å². The van der Waals surface area contributed by atoms with Gasteiger partial charge in [0.2, 0.25) is 5.91 Å². The molecule has 0 bridgehead atoms. The molecule has 0 fully saturated rings. The van der Waals surface area contributed by atoms with Crippen LogP contribution in [0.2, 0.25) is 0 Å². The Hall–Kier alpha value is -2.65. The third kappa shape index (κ3) is 4.27. The molecule has 30 heavy (non-hydrogen) atoms. The predicted molar refractivity (Wildman–Crippen MR) is 115 cm³/mol. The Labute approximate surface area is 178 Å². The molecule has 0 N–H and O–H groups in total. The Morgan fingerprint density at radius 3 is 2.53 bits per heavy atom. The molecule has 0 saturated heterocycles. The standard InChI is InChI=1S/C21H22N2O5S2/c1-2-23-16-13-17-18(28-11-10-27-17)14-19(16)29-21(23)22-20(24)9-6-12-30(25,26)15-7-4-3-5-8-15/h3-5,7-8,13-14H,2,6,9-12H2,1H3. The molecule has 1 aromatic heterocycles. The Balaban J connectivity index is 1.52. The summed E-state index contributed by atoms with van der Waals surface area (Å²) in [6, 6.07) is 12.1. The van der Waals surface area contributed by atoms with Crippen molar-refractivity contribution in [2.75, 3.05) is 19.0 Å². The van der Waals surface area contributed by atoms with Crippen molar-refractivity contribution in [3.63, 3.8) is 0 Å². The summed E-state index contributed by atoms with van der Waals surface area (Å²) >= 11 is 1.41. The molecule has 0 saturated carbocycles. The van der Waals surface area contributed by atoms with Crippen LogP contribution in [0.5, 0.6) is 11.5 Å². The van der Waals surface area contributed by atoms with Gasteiger partial charge in [-0.25, -0.2) is 8.42 Å². The Morgan fingerprint density at radius 1 is 1.13 bits per heavy atom. The number of nitrogens with zero attached hydrogens (tertiary/aromatic N) is 2. The fourth-order valence-electron chi connectivity index (χ4n) is 3.32. The molecular weight excluding hydrogens is 424 g/mol. The monoisotopic (exact) mass is 446 g/mol. The molecule has 7 nitrogen and oxygen atoms in total. The highest BCUT2D eigenvalue weighted by Crippen LogP contribution is 2.35. The van der Waals surface area contributed by atoms with E-state index in [1.165, 1.54) is 11.3 Å². The molecule has 3 aromatic rings. The Morgan fingerprint density at radius 2 is 1.83 bits per heavy atom. The zero-order valence-corrected chi connectivity index (χ0v) is 18.2. The zero-order chi connectivity index (χ0) is 21.1. The highest BCUT2D eigenvalue weighted by Gasteiger charge is 2.17. The molecule has 9 heteroatoms. The van der Waals surface area contributed by atoms with Crippen LogP contribution < -0.4 is 14.3 Å². The number of hydrogen-bond donors (Lipinski definition) is 0. The normalized spacial score (nSPS) is 14.2. The van der Waals surface area contributed by atoms with Gasteiger partial charge in [0.25, 0.3) is 0 Å². The molecule has 158 valence electrons. The second-order valence-corrected chi connectivity index (χ2v) is 9.95. The van der Waals surface area contributed by atoms with E-state index >= 15 is 0 Å². The number of carbonyl (C=O) groups excluding carboxylic acids is 1. The van der Waals surface area contributed by atoms with E-state index in [2.05, 4.69) is 4.99 Å². The third-order valence-electron chi connectivity index (χ3n) is 4.79. The van der Waals surface area contributed by atoms with Crippen molar-refractivity contribution in [3.05, 3.63) is 47.3 Å². The van der Waals surface area contributed by atoms with E-state index < -0.39 is 9.84 Å². The summed E-state index contributed by atoms with van der Waals surface area (Å²) in [6.07, 6.45) is 0.305. The second kappa shape index (κ2) is 8.61. The van der Waals surface area contributed by atoms with Gasteiger partial charge < -0.3 is 14.0 Å². The summed E-state index contributed by atoms with van der Waals surface area (Å²) in [5.41, 5.74) is 0.935. The quantitative estimate of drug-likeness (QED) is 0.580. The number of aromatic nitrogens is 1. The molecule has 0 aliphatic carbocycles. The molecule has 2 aromatic carbocycles. The number of thiazole rings is 1. The average molecular weight is 447 g/mol. The molecule has 4 rings (SSSR count). The number of fused-ring (bicyclic) bond motifs is 2. The third-order valence-corrected chi connectivity index (χ3v) is 7.65. The van der Waals surface area contributed by atoms with Crippen LogP contribution in [-0.4, -0.2) is 37.9 Å².